The number of nitrogens with one attached hydrogen (secondary N) is 1. The van der Waals surface area contributed by atoms with Crippen molar-refractivity contribution >= 4 is 34.4 Å². The first-order valence-electron chi connectivity index (χ1n) is 11.2. The summed E-state index contributed by atoms with van der Waals surface area (Å²) in [7, 11) is 3.04. The van der Waals surface area contributed by atoms with Crippen LogP contribution in [0.4, 0.5) is 5.95 Å². The zero-order chi connectivity index (χ0) is 25.6. The summed E-state index contributed by atoms with van der Waals surface area (Å²) in [6.07, 6.45) is 3.16. The lowest BCUT2D eigenvalue weighted by atomic mass is 9.95. The number of aliphatic hydroxyl groups is 1. The van der Waals surface area contributed by atoms with E-state index < -0.39 is 17.7 Å². The molecular weight excluding hydrogens is 460 g/mol. The Labute approximate surface area is 207 Å². The average Bonchev–Trinajstić information content (AvgIpc) is 3.42. The predicted molar refractivity (Wildman–Crippen MR) is 134 cm³/mol. The average molecular weight is 485 g/mol. The van der Waals surface area contributed by atoms with Gasteiger partial charge in [0.15, 0.2) is 11.5 Å². The fourth-order valence-electron chi connectivity index (χ4n) is 4.39. The van der Waals surface area contributed by atoms with Gasteiger partial charge in [0.2, 0.25) is 5.95 Å². The molecule has 3 heterocycles. The topological polar surface area (TPSA) is 118 Å². The molecule has 36 heavy (non-hydrogen) atoms. The highest BCUT2D eigenvalue weighted by atomic mass is 16.5. The maximum Gasteiger partial charge on any atom is 0.302 e. The number of rotatable bonds is 5. The number of aromatic amines is 1. The first kappa shape index (κ1) is 23.1. The number of aromatic nitrogens is 3. The maximum atomic E-state index is 13.4. The Morgan fingerprint density at radius 3 is 2.44 bits per heavy atom. The largest absolute Gasteiger partial charge is 0.507 e. The normalized spacial score (nSPS) is 17.1. The van der Waals surface area contributed by atoms with Crippen LogP contribution in [0.2, 0.25) is 0 Å². The summed E-state index contributed by atoms with van der Waals surface area (Å²) in [5, 5.41) is 11.3. The molecule has 0 aliphatic carbocycles. The van der Waals surface area contributed by atoms with Crippen LogP contribution in [0, 0.1) is 13.8 Å². The van der Waals surface area contributed by atoms with E-state index in [0.717, 1.165) is 11.1 Å². The van der Waals surface area contributed by atoms with Crippen molar-refractivity contribution in [2.24, 2.45) is 0 Å². The highest BCUT2D eigenvalue weighted by Gasteiger charge is 2.48. The van der Waals surface area contributed by atoms with Gasteiger partial charge in [-0.2, -0.15) is 0 Å². The lowest BCUT2D eigenvalue weighted by Crippen LogP contribution is -2.30. The first-order valence-corrected chi connectivity index (χ1v) is 11.2. The standard InChI is InChI=1S/C27H24N4O5/c1-14-7-8-16(10-15(14)2)24(32)22-23(17-6-5-9-28-13-17)31(26(34)25(22)33)27-29-18-11-20(35-3)21(36-4)12-19(18)30-27/h5-13,23,32H,1-4H3,(H,29,30)/b24-22+. The van der Waals surface area contributed by atoms with Gasteiger partial charge < -0.3 is 19.6 Å². The van der Waals surface area contributed by atoms with E-state index in [-0.39, 0.29) is 17.3 Å². The van der Waals surface area contributed by atoms with E-state index in [1.165, 1.54) is 19.1 Å². The van der Waals surface area contributed by atoms with Crippen molar-refractivity contribution in [3.8, 4) is 11.5 Å². The Balaban J connectivity index is 1.71. The predicted octanol–water partition coefficient (Wildman–Crippen LogP) is 4.22. The molecule has 5 rings (SSSR count). The minimum atomic E-state index is -0.940. The minimum Gasteiger partial charge on any atom is -0.507 e. The number of fused-ring (bicyclic) bond motifs is 1. The number of ketones is 1. The van der Waals surface area contributed by atoms with Crippen molar-refractivity contribution in [2.75, 3.05) is 19.1 Å². The SMILES string of the molecule is COc1cc2nc(N3C(=O)C(=O)/C(=C(/O)c4ccc(C)c(C)c4)C3c3cccnc3)[nH]c2cc1OC. The number of H-pyrrole nitrogens is 1. The van der Waals surface area contributed by atoms with Gasteiger partial charge in [0.1, 0.15) is 5.76 Å². The van der Waals surface area contributed by atoms with Gasteiger partial charge in [0.25, 0.3) is 5.78 Å². The maximum absolute atomic E-state index is 13.4. The number of imidazole rings is 1. The zero-order valence-electron chi connectivity index (χ0n) is 20.2. The monoisotopic (exact) mass is 484 g/mol. The summed E-state index contributed by atoms with van der Waals surface area (Å²) in [4.78, 5) is 39.8. The quantitative estimate of drug-likeness (QED) is 0.247. The van der Waals surface area contributed by atoms with Gasteiger partial charge in [-0.15, -0.1) is 0 Å². The van der Waals surface area contributed by atoms with Crippen molar-refractivity contribution in [2.45, 2.75) is 19.9 Å². The molecule has 0 radical (unpaired) electrons. The molecule has 1 aliphatic heterocycles. The fraction of sp³-hybridized carbons (Fsp3) is 0.185. The van der Waals surface area contributed by atoms with Crippen LogP contribution < -0.4 is 14.4 Å². The number of hydrogen-bond acceptors (Lipinski definition) is 7. The fourth-order valence-corrected chi connectivity index (χ4v) is 4.39. The number of Topliss-reactive ketones (excluding diaryl/α,β-unsaturated/α-hetero) is 1. The third-order valence-electron chi connectivity index (χ3n) is 6.43. The Morgan fingerprint density at radius 2 is 1.78 bits per heavy atom. The number of amides is 1. The van der Waals surface area contributed by atoms with Crippen LogP contribution in [0.1, 0.15) is 28.3 Å². The molecular formula is C27H24N4O5. The van der Waals surface area contributed by atoms with Crippen LogP contribution in [-0.2, 0) is 9.59 Å². The van der Waals surface area contributed by atoms with Crippen LogP contribution in [-0.4, -0.2) is 46.0 Å². The van der Waals surface area contributed by atoms with E-state index >= 15 is 0 Å². The molecule has 1 aliphatic rings. The van der Waals surface area contributed by atoms with Crippen molar-refractivity contribution in [1.82, 2.24) is 15.0 Å². The molecule has 9 nitrogen and oxygen atoms in total. The van der Waals surface area contributed by atoms with Crippen LogP contribution in [0.5, 0.6) is 11.5 Å². The molecule has 1 atom stereocenters. The van der Waals surface area contributed by atoms with E-state index in [4.69, 9.17) is 9.47 Å². The van der Waals surface area contributed by atoms with E-state index in [1.807, 2.05) is 19.9 Å². The molecule has 2 aromatic carbocycles. The van der Waals surface area contributed by atoms with Gasteiger partial charge >= 0.3 is 5.91 Å². The number of hydrogen-bond donors (Lipinski definition) is 2. The first-order chi connectivity index (χ1) is 17.3. The molecule has 1 saturated heterocycles. The molecule has 0 bridgehead atoms. The number of anilines is 1. The number of methoxy groups -OCH3 is 2. The molecule has 4 aromatic rings. The van der Waals surface area contributed by atoms with Gasteiger partial charge in [0, 0.05) is 30.1 Å². The summed E-state index contributed by atoms with van der Waals surface area (Å²) < 4.78 is 10.7. The Hall–Kier alpha value is -4.66. The number of aryl methyl sites for hydroxylation is 2. The Morgan fingerprint density at radius 1 is 1.03 bits per heavy atom. The van der Waals surface area contributed by atoms with Gasteiger partial charge in [-0.05, 0) is 42.7 Å². The number of benzene rings is 2. The summed E-state index contributed by atoms with van der Waals surface area (Å²) in [6, 6.07) is 11.3. The molecule has 1 fully saturated rings. The van der Waals surface area contributed by atoms with Gasteiger partial charge in [0.05, 0.1) is 36.9 Å². The third kappa shape index (κ3) is 3.65. The second-order valence-corrected chi connectivity index (χ2v) is 8.54. The lowest BCUT2D eigenvalue weighted by molar-refractivity contribution is -0.132. The lowest BCUT2D eigenvalue weighted by Gasteiger charge is -2.22. The third-order valence-corrected chi connectivity index (χ3v) is 6.43. The van der Waals surface area contributed by atoms with E-state index in [9.17, 15) is 14.7 Å². The summed E-state index contributed by atoms with van der Waals surface area (Å²) in [6.45, 7) is 3.87. The molecule has 2 N–H and O–H groups in total. The number of carbonyl (C=O) groups excluding carboxylic acids is 2. The smallest absolute Gasteiger partial charge is 0.302 e. The van der Waals surface area contributed by atoms with E-state index in [0.29, 0.717) is 33.7 Å². The van der Waals surface area contributed by atoms with E-state index in [2.05, 4.69) is 15.0 Å². The number of aliphatic hydroxyl groups excluding tert-OH is 1. The summed E-state index contributed by atoms with van der Waals surface area (Å²) in [5.41, 5.74) is 4.07. The van der Waals surface area contributed by atoms with Crippen LogP contribution in [0.15, 0.2) is 60.4 Å². The van der Waals surface area contributed by atoms with Gasteiger partial charge in [-0.3, -0.25) is 19.5 Å². The Kier molecular flexibility index (Phi) is 5.68. The van der Waals surface area contributed by atoms with Crippen molar-refractivity contribution < 1.29 is 24.2 Å². The molecule has 0 saturated carbocycles. The van der Waals surface area contributed by atoms with Crippen LogP contribution in [0.3, 0.4) is 0 Å². The molecule has 0 spiro atoms. The number of ether oxygens (including phenoxy) is 2. The Bertz CT molecular complexity index is 1500. The second kappa shape index (κ2) is 8.84. The molecule has 1 amide bonds. The van der Waals surface area contributed by atoms with Crippen molar-refractivity contribution in [3.63, 3.8) is 0 Å². The summed E-state index contributed by atoms with van der Waals surface area (Å²) in [5.74, 6) is -0.769. The zero-order valence-corrected chi connectivity index (χ0v) is 20.2. The molecule has 9 heteroatoms. The summed E-state index contributed by atoms with van der Waals surface area (Å²) >= 11 is 0. The highest BCUT2D eigenvalue weighted by molar-refractivity contribution is 6.51. The van der Waals surface area contributed by atoms with Gasteiger partial charge in [-0.1, -0.05) is 18.2 Å². The second-order valence-electron chi connectivity index (χ2n) is 8.54. The molecule has 2 aromatic heterocycles. The molecule has 1 unspecified atom stereocenters. The highest BCUT2D eigenvalue weighted by Crippen LogP contribution is 2.42. The number of pyridine rings is 1. The van der Waals surface area contributed by atoms with Crippen molar-refractivity contribution in [1.29, 1.82) is 0 Å². The minimum absolute atomic E-state index is 0.0353. The van der Waals surface area contributed by atoms with Crippen molar-refractivity contribution in [3.05, 3.63) is 82.7 Å². The van der Waals surface area contributed by atoms with Gasteiger partial charge in [-0.25, -0.2) is 4.98 Å². The van der Waals surface area contributed by atoms with Crippen LogP contribution >= 0.6 is 0 Å². The van der Waals surface area contributed by atoms with E-state index in [1.54, 1.807) is 48.8 Å². The number of nitrogens with zero attached hydrogens (tertiary/aromatic N) is 3. The number of carbonyl (C=O) groups is 2. The van der Waals surface area contributed by atoms with Crippen LogP contribution in [0.25, 0.3) is 16.8 Å². The molecule has 182 valence electrons.